The maximum Gasteiger partial charge on any atom is 0.160 e. The molecule has 0 fully saturated rings. The molecule has 0 amide bonds. The zero-order valence-electron chi connectivity index (χ0n) is 9.38. The van der Waals surface area contributed by atoms with Gasteiger partial charge < -0.3 is 11.1 Å². The van der Waals surface area contributed by atoms with Crippen molar-refractivity contribution in [1.82, 2.24) is 0 Å². The molecule has 0 aliphatic heterocycles. The summed E-state index contributed by atoms with van der Waals surface area (Å²) in [7, 11) is 0. The predicted molar refractivity (Wildman–Crippen MR) is 74.6 cm³/mol. The molecule has 2 nitrogen and oxygen atoms in total. The molecule has 2 aromatic rings. The fourth-order valence-corrected chi connectivity index (χ4v) is 2.04. The van der Waals surface area contributed by atoms with Crippen LogP contribution in [0.1, 0.15) is 5.56 Å². The number of rotatable bonds is 3. The van der Waals surface area contributed by atoms with E-state index in [1.807, 2.05) is 24.3 Å². The molecule has 0 bridgehead atoms. The Bertz CT molecular complexity index is 550. The van der Waals surface area contributed by atoms with Crippen molar-refractivity contribution >= 4 is 34.6 Å². The molecule has 5 heteroatoms. The number of nitrogen functional groups attached to an aromatic ring is 1. The molecular weight excluding hydrogens is 274 g/mol. The molecule has 94 valence electrons. The molecule has 0 radical (unpaired) electrons. The fourth-order valence-electron chi connectivity index (χ4n) is 1.55. The van der Waals surface area contributed by atoms with Crippen LogP contribution >= 0.6 is 23.2 Å². The average molecular weight is 285 g/mol. The third kappa shape index (κ3) is 2.86. The van der Waals surface area contributed by atoms with E-state index in [-0.39, 0.29) is 10.0 Å². The van der Waals surface area contributed by atoms with Crippen molar-refractivity contribution < 1.29 is 4.39 Å². The number of halogens is 3. The van der Waals surface area contributed by atoms with Gasteiger partial charge >= 0.3 is 0 Å². The van der Waals surface area contributed by atoms with Crippen LogP contribution in [0.3, 0.4) is 0 Å². The van der Waals surface area contributed by atoms with Crippen LogP contribution in [0, 0.1) is 5.82 Å². The van der Waals surface area contributed by atoms with Crippen molar-refractivity contribution in [2.24, 2.45) is 0 Å². The van der Waals surface area contributed by atoms with Crippen LogP contribution in [0.4, 0.5) is 15.8 Å². The summed E-state index contributed by atoms with van der Waals surface area (Å²) >= 11 is 11.4. The van der Waals surface area contributed by atoms with Gasteiger partial charge in [0.1, 0.15) is 0 Å². The van der Waals surface area contributed by atoms with E-state index in [0.717, 1.165) is 5.56 Å². The Morgan fingerprint density at radius 2 is 1.72 bits per heavy atom. The molecule has 2 rings (SSSR count). The van der Waals surface area contributed by atoms with Gasteiger partial charge in [0.15, 0.2) is 5.82 Å². The maximum atomic E-state index is 13.2. The number of hydrogen-bond donors (Lipinski definition) is 2. The van der Waals surface area contributed by atoms with E-state index in [2.05, 4.69) is 5.32 Å². The molecule has 0 saturated heterocycles. The highest BCUT2D eigenvalue weighted by Crippen LogP contribution is 2.27. The van der Waals surface area contributed by atoms with Crippen LogP contribution in [-0.4, -0.2) is 0 Å². The third-order valence-electron chi connectivity index (χ3n) is 2.52. The molecule has 0 spiro atoms. The highest BCUT2D eigenvalue weighted by atomic mass is 35.5. The second-order valence-corrected chi connectivity index (χ2v) is 4.62. The molecule has 0 atom stereocenters. The molecule has 0 aromatic heterocycles. The molecule has 0 heterocycles. The molecule has 0 saturated carbocycles. The summed E-state index contributed by atoms with van der Waals surface area (Å²) in [6.45, 7) is 0.519. The minimum Gasteiger partial charge on any atom is -0.398 e. The summed E-state index contributed by atoms with van der Waals surface area (Å²) in [4.78, 5) is 0. The number of hydrogen-bond acceptors (Lipinski definition) is 2. The van der Waals surface area contributed by atoms with Crippen LogP contribution in [-0.2, 0) is 6.54 Å². The highest BCUT2D eigenvalue weighted by Gasteiger charge is 2.07. The Hall–Kier alpha value is -1.45. The summed E-state index contributed by atoms with van der Waals surface area (Å²) < 4.78 is 13.2. The minimum atomic E-state index is -0.608. The summed E-state index contributed by atoms with van der Waals surface area (Å²) in [6.07, 6.45) is 0. The quantitative estimate of drug-likeness (QED) is 0.650. The molecule has 0 aliphatic carbocycles. The van der Waals surface area contributed by atoms with E-state index in [9.17, 15) is 4.39 Å². The van der Waals surface area contributed by atoms with Crippen molar-refractivity contribution in [3.05, 3.63) is 57.8 Å². The van der Waals surface area contributed by atoms with Gasteiger partial charge in [-0.1, -0.05) is 41.4 Å². The van der Waals surface area contributed by atoms with Crippen molar-refractivity contribution in [3.8, 4) is 0 Å². The lowest BCUT2D eigenvalue weighted by Gasteiger charge is -2.10. The Labute approximate surface area is 115 Å². The number of nitrogens with two attached hydrogens (primary N) is 1. The lowest BCUT2D eigenvalue weighted by atomic mass is 10.2. The van der Waals surface area contributed by atoms with Gasteiger partial charge in [0.05, 0.1) is 10.0 Å². The van der Waals surface area contributed by atoms with Crippen LogP contribution in [0.5, 0.6) is 0 Å². The molecule has 0 unspecified atom stereocenters. The van der Waals surface area contributed by atoms with Crippen molar-refractivity contribution in [2.75, 3.05) is 11.1 Å². The van der Waals surface area contributed by atoms with E-state index < -0.39 is 5.82 Å². The van der Waals surface area contributed by atoms with Crippen LogP contribution in [0.2, 0.25) is 10.0 Å². The normalized spacial score (nSPS) is 10.4. The first kappa shape index (κ1) is 13.0. The first-order chi connectivity index (χ1) is 8.58. The Morgan fingerprint density at radius 3 is 2.33 bits per heavy atom. The zero-order chi connectivity index (χ0) is 13.1. The SMILES string of the molecule is Nc1ccccc1CNc1cc(Cl)c(F)c(Cl)c1. The standard InChI is InChI=1S/C13H11Cl2FN2/c14-10-5-9(6-11(15)13(10)16)18-7-8-3-1-2-4-12(8)17/h1-6,18H,7,17H2. The van der Waals surface area contributed by atoms with E-state index in [1.165, 1.54) is 12.1 Å². The fraction of sp³-hybridized carbons (Fsp3) is 0.0769. The van der Waals surface area contributed by atoms with Gasteiger partial charge in [0, 0.05) is 17.9 Å². The van der Waals surface area contributed by atoms with E-state index in [1.54, 1.807) is 0 Å². The number of anilines is 2. The Kier molecular flexibility index (Phi) is 3.94. The van der Waals surface area contributed by atoms with Crippen LogP contribution in [0.15, 0.2) is 36.4 Å². The molecule has 3 N–H and O–H groups in total. The minimum absolute atomic E-state index is 0.00830. The van der Waals surface area contributed by atoms with Gasteiger partial charge in [-0.05, 0) is 23.8 Å². The van der Waals surface area contributed by atoms with E-state index in [4.69, 9.17) is 28.9 Å². The summed E-state index contributed by atoms with van der Waals surface area (Å²) in [5.41, 5.74) is 8.12. The van der Waals surface area contributed by atoms with Gasteiger partial charge in [-0.25, -0.2) is 4.39 Å². The summed E-state index contributed by atoms with van der Waals surface area (Å²) in [6, 6.07) is 10.5. The third-order valence-corrected chi connectivity index (χ3v) is 3.07. The number of para-hydroxylation sites is 1. The second-order valence-electron chi connectivity index (χ2n) is 3.81. The Morgan fingerprint density at radius 1 is 1.11 bits per heavy atom. The van der Waals surface area contributed by atoms with Gasteiger partial charge in [-0.3, -0.25) is 0 Å². The zero-order valence-corrected chi connectivity index (χ0v) is 10.9. The number of nitrogens with one attached hydrogen (secondary N) is 1. The maximum absolute atomic E-state index is 13.2. The van der Waals surface area contributed by atoms with Gasteiger partial charge in [-0.15, -0.1) is 0 Å². The van der Waals surface area contributed by atoms with Crippen LogP contribution in [0.25, 0.3) is 0 Å². The summed E-state index contributed by atoms with van der Waals surface area (Å²) in [5.74, 6) is -0.608. The Balaban J connectivity index is 2.14. The van der Waals surface area contributed by atoms with Gasteiger partial charge in [0.25, 0.3) is 0 Å². The topological polar surface area (TPSA) is 38.0 Å². The van der Waals surface area contributed by atoms with E-state index in [0.29, 0.717) is 17.9 Å². The smallest absolute Gasteiger partial charge is 0.160 e. The first-order valence-electron chi connectivity index (χ1n) is 5.29. The largest absolute Gasteiger partial charge is 0.398 e. The highest BCUT2D eigenvalue weighted by molar-refractivity contribution is 6.35. The predicted octanol–water partition coefficient (Wildman–Crippen LogP) is 4.33. The van der Waals surface area contributed by atoms with Gasteiger partial charge in [-0.2, -0.15) is 0 Å². The molecule has 0 aliphatic rings. The van der Waals surface area contributed by atoms with Crippen molar-refractivity contribution in [1.29, 1.82) is 0 Å². The number of benzene rings is 2. The summed E-state index contributed by atoms with van der Waals surface area (Å²) in [5, 5.41) is 3.08. The molecule has 18 heavy (non-hydrogen) atoms. The van der Waals surface area contributed by atoms with E-state index >= 15 is 0 Å². The van der Waals surface area contributed by atoms with Crippen molar-refractivity contribution in [2.45, 2.75) is 6.54 Å². The molecular formula is C13H11Cl2FN2. The average Bonchev–Trinajstić information content (AvgIpc) is 2.35. The van der Waals surface area contributed by atoms with Gasteiger partial charge in [0.2, 0.25) is 0 Å². The van der Waals surface area contributed by atoms with Crippen LogP contribution < -0.4 is 11.1 Å². The first-order valence-corrected chi connectivity index (χ1v) is 6.05. The lowest BCUT2D eigenvalue weighted by molar-refractivity contribution is 0.629. The lowest BCUT2D eigenvalue weighted by Crippen LogP contribution is -2.03. The van der Waals surface area contributed by atoms with Crippen molar-refractivity contribution in [3.63, 3.8) is 0 Å². The monoisotopic (exact) mass is 284 g/mol. The molecule has 2 aromatic carbocycles. The second kappa shape index (κ2) is 5.46.